The second-order valence-electron chi connectivity index (χ2n) is 2.36. The van der Waals surface area contributed by atoms with Gasteiger partial charge < -0.3 is 0 Å². The van der Waals surface area contributed by atoms with Gasteiger partial charge in [0.05, 0.1) is 0 Å². The number of allylic oxidation sites excluding steroid dienone is 1. The van der Waals surface area contributed by atoms with Crippen molar-refractivity contribution in [3.63, 3.8) is 0 Å². The fraction of sp³-hybridized carbons (Fsp3) is 0.500. The van der Waals surface area contributed by atoms with Gasteiger partial charge in [0.25, 0.3) is 0 Å². The summed E-state index contributed by atoms with van der Waals surface area (Å²) in [4.78, 5) is 9.79. The molecule has 0 saturated carbocycles. The molecule has 70 valence electrons. The van der Waals surface area contributed by atoms with E-state index in [0.29, 0.717) is 13.2 Å². The van der Waals surface area contributed by atoms with Gasteiger partial charge in [-0.25, -0.2) is 0 Å². The van der Waals surface area contributed by atoms with Crippen molar-refractivity contribution < 1.29 is 14.6 Å². The Labute approximate surface area is 73.3 Å². The fourth-order valence-corrected chi connectivity index (χ4v) is 0.525. The van der Waals surface area contributed by atoms with E-state index in [1.165, 1.54) is 0 Å². The summed E-state index contributed by atoms with van der Waals surface area (Å²) >= 11 is 0. The molecule has 0 radical (unpaired) electrons. The Morgan fingerprint density at radius 1 is 1.42 bits per heavy atom. The molecule has 4 heteroatoms. The van der Waals surface area contributed by atoms with Gasteiger partial charge in [-0.1, -0.05) is 18.2 Å². The molecule has 0 rings (SSSR count). The van der Waals surface area contributed by atoms with Gasteiger partial charge in [0.15, 0.2) is 7.05 Å². The van der Waals surface area contributed by atoms with E-state index in [0.717, 1.165) is 0 Å². The van der Waals surface area contributed by atoms with Crippen molar-refractivity contribution >= 4 is 0 Å². The molecule has 0 saturated heterocycles. The lowest BCUT2D eigenvalue weighted by molar-refractivity contribution is -1.24. The lowest BCUT2D eigenvalue weighted by Gasteiger charge is -2.20. The summed E-state index contributed by atoms with van der Waals surface area (Å²) in [5.41, 5.74) is 0. The van der Waals surface area contributed by atoms with Gasteiger partial charge in [-0.15, -0.1) is 22.1 Å². The molecule has 0 bridgehead atoms. The van der Waals surface area contributed by atoms with Gasteiger partial charge in [0.1, 0.15) is 13.2 Å². The maximum atomic E-state index is 5.55. The van der Waals surface area contributed by atoms with Crippen molar-refractivity contribution in [1.82, 2.24) is 0 Å². The molecule has 12 heavy (non-hydrogen) atoms. The predicted molar refractivity (Wildman–Crippen MR) is 47.3 cm³/mol. The summed E-state index contributed by atoms with van der Waals surface area (Å²) in [6, 6.07) is 0. The van der Waals surface area contributed by atoms with Gasteiger partial charge in [-0.3, -0.25) is 0 Å². The first-order chi connectivity index (χ1) is 5.62. The minimum atomic E-state index is -0.406. The van der Waals surface area contributed by atoms with E-state index in [-0.39, 0.29) is 0 Å². The van der Waals surface area contributed by atoms with Crippen molar-refractivity contribution in [3.8, 4) is 0 Å². The quantitative estimate of drug-likeness (QED) is 0.281. The predicted octanol–water partition coefficient (Wildman–Crippen LogP) is 0.932. The summed E-state index contributed by atoms with van der Waals surface area (Å²) < 4.78 is 0. The van der Waals surface area contributed by atoms with Crippen LogP contribution < -0.4 is 5.84 Å². The zero-order valence-electron chi connectivity index (χ0n) is 7.69. The Morgan fingerprint density at radius 3 is 2.50 bits per heavy atom. The largest absolute Gasteiger partial charge is 0.152 e. The Kier molecular flexibility index (Phi) is 5.57. The van der Waals surface area contributed by atoms with Crippen LogP contribution in [0.1, 0.15) is 6.92 Å². The van der Waals surface area contributed by atoms with Crippen molar-refractivity contribution in [3.05, 3.63) is 24.8 Å². The molecule has 0 aromatic heterocycles. The number of quaternary nitrogens is 1. The molecule has 0 aliphatic rings. The molecule has 0 aromatic carbocycles. The molecule has 1 unspecified atom stereocenters. The number of hydrogen-bond acceptors (Lipinski definition) is 3. The normalized spacial score (nSPS) is 16.2. The third-order valence-corrected chi connectivity index (χ3v) is 1.11. The minimum Gasteiger partial charge on any atom is -0.143 e. The van der Waals surface area contributed by atoms with Gasteiger partial charge in [0.2, 0.25) is 0 Å². The highest BCUT2D eigenvalue weighted by atomic mass is 17.0. The molecule has 0 heterocycles. The zero-order chi connectivity index (χ0) is 9.45. The maximum Gasteiger partial charge on any atom is 0.152 e. The third-order valence-electron chi connectivity index (χ3n) is 1.11. The number of hydroxylamine groups is 2. The molecule has 0 fully saturated rings. The van der Waals surface area contributed by atoms with Crippen LogP contribution >= 0.6 is 0 Å². The van der Waals surface area contributed by atoms with Crippen LogP contribution in [-0.4, -0.2) is 25.2 Å². The molecule has 0 aliphatic heterocycles. The smallest absolute Gasteiger partial charge is 0.143 e. The van der Waals surface area contributed by atoms with Crippen LogP contribution in [0.15, 0.2) is 24.8 Å². The second kappa shape index (κ2) is 5.91. The van der Waals surface area contributed by atoms with E-state index in [9.17, 15) is 0 Å². The van der Waals surface area contributed by atoms with Crippen molar-refractivity contribution in [2.75, 3.05) is 20.3 Å². The molecular weight excluding hydrogens is 156 g/mol. The summed E-state index contributed by atoms with van der Waals surface area (Å²) in [6.45, 7) is 6.21. The van der Waals surface area contributed by atoms with Crippen molar-refractivity contribution in [2.45, 2.75) is 6.92 Å². The van der Waals surface area contributed by atoms with Crippen LogP contribution in [0.5, 0.6) is 0 Å². The first kappa shape index (κ1) is 11.3. The van der Waals surface area contributed by atoms with Gasteiger partial charge in [-0.05, 0) is 6.92 Å². The van der Waals surface area contributed by atoms with Gasteiger partial charge >= 0.3 is 0 Å². The molecule has 0 spiro atoms. The Balaban J connectivity index is 3.62. The summed E-state index contributed by atoms with van der Waals surface area (Å²) in [6.07, 6.45) is 5.34. The van der Waals surface area contributed by atoms with Crippen LogP contribution in [0.3, 0.4) is 0 Å². The topological polar surface area (TPSA) is 44.5 Å². The zero-order valence-corrected chi connectivity index (χ0v) is 7.69. The Bertz CT molecular complexity index is 155. The van der Waals surface area contributed by atoms with Crippen LogP contribution in [-0.2, 0) is 9.68 Å². The highest BCUT2D eigenvalue weighted by Crippen LogP contribution is 1.96. The highest BCUT2D eigenvalue weighted by Gasteiger charge is 2.17. The minimum absolute atomic E-state index is 0.364. The second-order valence-corrected chi connectivity index (χ2v) is 2.36. The monoisotopic (exact) mass is 173 g/mol. The number of nitrogens with zero attached hydrogens (tertiary/aromatic N) is 1. The Hall–Kier alpha value is -0.680. The summed E-state index contributed by atoms with van der Waals surface area (Å²) in [5.74, 6) is 5.55. The van der Waals surface area contributed by atoms with E-state index >= 15 is 0 Å². The van der Waals surface area contributed by atoms with Crippen molar-refractivity contribution in [2.24, 2.45) is 5.84 Å². The molecule has 0 aromatic rings. The third kappa shape index (κ3) is 6.06. The van der Waals surface area contributed by atoms with E-state index in [2.05, 4.69) is 6.58 Å². The molecule has 2 N–H and O–H groups in total. The molecule has 0 aliphatic carbocycles. The number of hydrogen-bond donors (Lipinski definition) is 1. The lowest BCUT2D eigenvalue weighted by Crippen LogP contribution is -2.50. The van der Waals surface area contributed by atoms with Gasteiger partial charge in [-0.2, -0.15) is 0 Å². The first-order valence-electron chi connectivity index (χ1n) is 3.78. The molecule has 1 atom stereocenters. The van der Waals surface area contributed by atoms with E-state index in [4.69, 9.17) is 15.5 Å². The average Bonchev–Trinajstić information content (AvgIpc) is 2.01. The first-order valence-corrected chi connectivity index (χ1v) is 3.78. The van der Waals surface area contributed by atoms with Crippen LogP contribution in [0, 0.1) is 0 Å². The van der Waals surface area contributed by atoms with Crippen LogP contribution in [0.25, 0.3) is 0 Å². The highest BCUT2D eigenvalue weighted by molar-refractivity contribution is 4.74. The SMILES string of the molecule is C=CCO[N+](C)(N)OC/C=C\C. The lowest BCUT2D eigenvalue weighted by atomic mass is 10.6. The Morgan fingerprint density at radius 2 is 2.00 bits per heavy atom. The molecular formula is C8H17N2O2+. The molecule has 4 nitrogen and oxygen atoms in total. The number of rotatable bonds is 6. The average molecular weight is 173 g/mol. The summed E-state index contributed by atoms with van der Waals surface area (Å²) in [5, 5.41) is 0. The maximum absolute atomic E-state index is 5.55. The van der Waals surface area contributed by atoms with Gasteiger partial charge in [0, 0.05) is 4.92 Å². The van der Waals surface area contributed by atoms with Crippen LogP contribution in [0.2, 0.25) is 0 Å². The van der Waals surface area contributed by atoms with Crippen LogP contribution in [0.4, 0.5) is 0 Å². The standard InChI is InChI=1S/C8H17N2O2/c1-4-6-8-12-10(3,9)11-7-5-2/h4-6H,2,7-9H2,1,3H3/q+1/b6-4-. The van der Waals surface area contributed by atoms with E-state index < -0.39 is 4.92 Å². The van der Waals surface area contributed by atoms with Crippen molar-refractivity contribution in [1.29, 1.82) is 0 Å². The van der Waals surface area contributed by atoms with E-state index in [1.807, 2.05) is 19.1 Å². The summed E-state index contributed by atoms with van der Waals surface area (Å²) in [7, 11) is 1.60. The fourth-order valence-electron chi connectivity index (χ4n) is 0.525. The molecule has 0 amide bonds. The number of nitrogens with two attached hydrogens (primary N) is 1. The van der Waals surface area contributed by atoms with E-state index in [1.54, 1.807) is 13.1 Å².